The van der Waals surface area contributed by atoms with E-state index in [0.717, 1.165) is 17.9 Å². The van der Waals surface area contributed by atoms with Crippen molar-refractivity contribution in [2.24, 2.45) is 0 Å². The lowest BCUT2D eigenvalue weighted by Gasteiger charge is -2.26. The average molecular weight is 474 g/mol. The van der Waals surface area contributed by atoms with E-state index < -0.39 is 10.0 Å². The first kappa shape index (κ1) is 22.7. The lowest BCUT2D eigenvalue weighted by molar-refractivity contribution is 0.0730. The Bertz CT molecular complexity index is 1220. The second kappa shape index (κ2) is 9.19. The van der Waals surface area contributed by atoms with Gasteiger partial charge in [-0.15, -0.1) is 11.3 Å². The van der Waals surface area contributed by atoms with E-state index in [-0.39, 0.29) is 10.8 Å². The molecule has 1 saturated heterocycles. The van der Waals surface area contributed by atoms with E-state index in [1.165, 1.54) is 9.18 Å². The summed E-state index contributed by atoms with van der Waals surface area (Å²) in [6.45, 7) is 7.82. The maximum Gasteiger partial charge on any atom is 0.257 e. The van der Waals surface area contributed by atoms with Crippen LogP contribution in [0.3, 0.4) is 0 Å². The first-order valence-corrected chi connectivity index (χ1v) is 12.8. The number of thiophene rings is 1. The van der Waals surface area contributed by atoms with E-state index in [1.54, 1.807) is 36.5 Å². The summed E-state index contributed by atoms with van der Waals surface area (Å²) in [7, 11) is -3.66. The van der Waals surface area contributed by atoms with Gasteiger partial charge in [-0.1, -0.05) is 12.1 Å². The number of sulfonamides is 1. The first-order chi connectivity index (χ1) is 15.3. The van der Waals surface area contributed by atoms with Crippen LogP contribution in [0.5, 0.6) is 0 Å². The Morgan fingerprint density at radius 2 is 1.88 bits per heavy atom. The third-order valence-corrected chi connectivity index (χ3v) is 8.65. The van der Waals surface area contributed by atoms with E-state index in [2.05, 4.69) is 16.0 Å². The van der Waals surface area contributed by atoms with Crippen molar-refractivity contribution in [1.82, 2.24) is 8.87 Å². The van der Waals surface area contributed by atoms with Gasteiger partial charge >= 0.3 is 0 Å². The van der Waals surface area contributed by atoms with Gasteiger partial charge in [-0.3, -0.25) is 4.79 Å². The molecule has 4 rings (SSSR count). The molecule has 1 aliphatic rings. The van der Waals surface area contributed by atoms with Crippen molar-refractivity contribution >= 4 is 33.0 Å². The van der Waals surface area contributed by atoms with Gasteiger partial charge in [0.1, 0.15) is 0 Å². The van der Waals surface area contributed by atoms with Gasteiger partial charge in [0.2, 0.25) is 10.0 Å². The summed E-state index contributed by atoms with van der Waals surface area (Å²) in [6, 6.07) is 11.0. The molecule has 1 N–H and O–H groups in total. The van der Waals surface area contributed by atoms with Crippen LogP contribution in [0.4, 0.5) is 5.69 Å². The monoisotopic (exact) mass is 473 g/mol. The summed E-state index contributed by atoms with van der Waals surface area (Å²) >= 11 is 1.68. The number of nitrogens with zero attached hydrogens (tertiary/aromatic N) is 2. The van der Waals surface area contributed by atoms with Crippen molar-refractivity contribution in [2.45, 2.75) is 32.2 Å². The van der Waals surface area contributed by atoms with Gasteiger partial charge in [-0.05, 0) is 56.0 Å². The van der Waals surface area contributed by atoms with Gasteiger partial charge in [0, 0.05) is 35.0 Å². The molecule has 9 heteroatoms. The van der Waals surface area contributed by atoms with E-state index in [0.29, 0.717) is 43.1 Å². The number of morpholine rings is 1. The van der Waals surface area contributed by atoms with E-state index in [9.17, 15) is 13.2 Å². The SMILES string of the molecule is Cc1ccc(NC(=O)c2cc(C)n(Cc3cccs3)c2C)cc1S(=O)(=O)N1CCOCC1. The van der Waals surface area contributed by atoms with Crippen LogP contribution >= 0.6 is 11.3 Å². The molecule has 1 amide bonds. The van der Waals surface area contributed by atoms with Crippen LogP contribution in [-0.2, 0) is 21.3 Å². The average Bonchev–Trinajstić information content (AvgIpc) is 3.39. The van der Waals surface area contributed by atoms with Gasteiger partial charge in [0.05, 0.1) is 30.2 Å². The number of anilines is 1. The number of ether oxygens (including phenoxy) is 1. The number of rotatable bonds is 6. The molecule has 1 aliphatic heterocycles. The summed E-state index contributed by atoms with van der Waals surface area (Å²) in [5.41, 5.74) is 3.55. The number of carbonyl (C=O) groups is 1. The molecular weight excluding hydrogens is 446 g/mol. The molecule has 32 heavy (non-hydrogen) atoms. The molecule has 0 bridgehead atoms. The Morgan fingerprint density at radius 1 is 1.12 bits per heavy atom. The summed E-state index contributed by atoms with van der Waals surface area (Å²) in [6.07, 6.45) is 0. The van der Waals surface area contributed by atoms with Crippen molar-refractivity contribution in [3.05, 3.63) is 69.2 Å². The number of amides is 1. The van der Waals surface area contributed by atoms with Crippen LogP contribution < -0.4 is 5.32 Å². The van der Waals surface area contributed by atoms with Crippen LogP contribution in [0.2, 0.25) is 0 Å². The zero-order chi connectivity index (χ0) is 22.9. The molecule has 0 spiro atoms. The van der Waals surface area contributed by atoms with E-state index in [4.69, 9.17) is 4.74 Å². The summed E-state index contributed by atoms with van der Waals surface area (Å²) in [5.74, 6) is -0.255. The largest absolute Gasteiger partial charge is 0.379 e. The Hall–Kier alpha value is -2.46. The third-order valence-electron chi connectivity index (χ3n) is 5.75. The van der Waals surface area contributed by atoms with Crippen molar-refractivity contribution in [3.8, 4) is 0 Å². The predicted octanol–water partition coefficient (Wildman–Crippen LogP) is 3.80. The van der Waals surface area contributed by atoms with Crippen LogP contribution in [0.1, 0.15) is 32.2 Å². The number of carbonyl (C=O) groups excluding carboxylic acids is 1. The van der Waals surface area contributed by atoms with Gasteiger partial charge in [-0.25, -0.2) is 8.42 Å². The molecule has 3 heterocycles. The molecule has 0 radical (unpaired) electrons. The fourth-order valence-electron chi connectivity index (χ4n) is 3.91. The number of hydrogen-bond donors (Lipinski definition) is 1. The fraction of sp³-hybridized carbons (Fsp3) is 0.348. The Kier molecular flexibility index (Phi) is 6.52. The molecule has 1 fully saturated rings. The van der Waals surface area contributed by atoms with Gasteiger partial charge in [0.15, 0.2) is 0 Å². The van der Waals surface area contributed by atoms with Crippen molar-refractivity contribution in [2.75, 3.05) is 31.6 Å². The summed E-state index contributed by atoms with van der Waals surface area (Å²) in [5, 5.41) is 4.92. The number of benzene rings is 1. The molecule has 1 aromatic carbocycles. The second-order valence-corrected chi connectivity index (χ2v) is 10.8. The Balaban J connectivity index is 1.57. The van der Waals surface area contributed by atoms with Gasteiger partial charge in [-0.2, -0.15) is 4.31 Å². The maximum absolute atomic E-state index is 13.1. The Labute approximate surface area is 192 Å². The molecule has 0 saturated carbocycles. The fourth-order valence-corrected chi connectivity index (χ4v) is 6.26. The highest BCUT2D eigenvalue weighted by Gasteiger charge is 2.28. The van der Waals surface area contributed by atoms with Crippen LogP contribution in [0.15, 0.2) is 46.7 Å². The molecule has 0 unspecified atom stereocenters. The summed E-state index contributed by atoms with van der Waals surface area (Å²) < 4.78 is 35.1. The molecular formula is C23H27N3O4S2. The topological polar surface area (TPSA) is 80.6 Å². The highest BCUT2D eigenvalue weighted by Crippen LogP contribution is 2.26. The van der Waals surface area contributed by atoms with Crippen molar-refractivity contribution in [1.29, 1.82) is 0 Å². The summed E-state index contributed by atoms with van der Waals surface area (Å²) in [4.78, 5) is 14.5. The molecule has 7 nitrogen and oxygen atoms in total. The zero-order valence-electron chi connectivity index (χ0n) is 18.4. The molecule has 170 valence electrons. The minimum Gasteiger partial charge on any atom is -0.379 e. The normalized spacial score (nSPS) is 15.1. The minimum absolute atomic E-state index is 0.209. The molecule has 0 aliphatic carbocycles. The highest BCUT2D eigenvalue weighted by molar-refractivity contribution is 7.89. The standard InChI is InChI=1S/C23H27N3O4S2/c1-16-6-7-19(14-22(16)32(28,29)25-8-10-30-11-9-25)24-23(27)21-13-17(2)26(18(21)3)15-20-5-4-12-31-20/h4-7,12-14H,8-11,15H2,1-3H3,(H,24,27). The van der Waals surface area contributed by atoms with Crippen LogP contribution in [-0.4, -0.2) is 49.5 Å². The first-order valence-electron chi connectivity index (χ1n) is 10.5. The second-order valence-electron chi connectivity index (χ2n) is 7.90. The minimum atomic E-state index is -3.66. The van der Waals surface area contributed by atoms with Gasteiger partial charge in [0.25, 0.3) is 5.91 Å². The van der Waals surface area contributed by atoms with E-state index >= 15 is 0 Å². The number of nitrogens with one attached hydrogen (secondary N) is 1. The Morgan fingerprint density at radius 3 is 2.56 bits per heavy atom. The third kappa shape index (κ3) is 4.52. The number of hydrogen-bond acceptors (Lipinski definition) is 5. The quantitative estimate of drug-likeness (QED) is 0.591. The smallest absolute Gasteiger partial charge is 0.257 e. The van der Waals surface area contributed by atoms with Gasteiger partial charge < -0.3 is 14.6 Å². The van der Waals surface area contributed by atoms with Crippen LogP contribution in [0.25, 0.3) is 0 Å². The highest BCUT2D eigenvalue weighted by atomic mass is 32.2. The van der Waals surface area contributed by atoms with Crippen molar-refractivity contribution in [3.63, 3.8) is 0 Å². The van der Waals surface area contributed by atoms with Crippen molar-refractivity contribution < 1.29 is 17.9 Å². The molecule has 3 aromatic rings. The molecule has 2 aromatic heterocycles. The van der Waals surface area contributed by atoms with Crippen LogP contribution in [0, 0.1) is 20.8 Å². The zero-order valence-corrected chi connectivity index (χ0v) is 20.1. The lowest BCUT2D eigenvalue weighted by Crippen LogP contribution is -2.40. The number of aryl methyl sites for hydroxylation is 2. The number of aromatic nitrogens is 1. The van der Waals surface area contributed by atoms with E-state index in [1.807, 2.05) is 31.4 Å². The lowest BCUT2D eigenvalue weighted by atomic mass is 10.2. The predicted molar refractivity (Wildman–Crippen MR) is 126 cm³/mol. The maximum atomic E-state index is 13.1. The molecule has 0 atom stereocenters.